The summed E-state index contributed by atoms with van der Waals surface area (Å²) in [7, 11) is -3.59. The lowest BCUT2D eigenvalue weighted by Gasteiger charge is -2.20. The highest BCUT2D eigenvalue weighted by Crippen LogP contribution is 2.18. The average molecular weight is 325 g/mol. The van der Waals surface area contributed by atoms with E-state index in [1.165, 1.54) is 10.5 Å². The zero-order valence-electron chi connectivity index (χ0n) is 13.1. The van der Waals surface area contributed by atoms with Gasteiger partial charge in [0.05, 0.1) is 4.90 Å². The van der Waals surface area contributed by atoms with Crippen LogP contribution < -0.4 is 0 Å². The molecule has 0 fully saturated rings. The molecule has 0 aliphatic carbocycles. The third-order valence-corrected chi connectivity index (χ3v) is 5.42. The van der Waals surface area contributed by atoms with E-state index < -0.39 is 10.0 Å². The Morgan fingerprint density at radius 2 is 1.83 bits per heavy atom. The second-order valence-corrected chi connectivity index (χ2v) is 7.05. The highest BCUT2D eigenvalue weighted by atomic mass is 32.2. The lowest BCUT2D eigenvalue weighted by molar-refractivity contribution is 0.500. The molecule has 0 atom stereocenters. The number of hydrogen-bond donors (Lipinski definition) is 0. The minimum Gasteiger partial charge on any atom is -0.274 e. The van der Waals surface area contributed by atoms with E-state index in [4.69, 9.17) is 6.42 Å². The number of nitrogens with zero attached hydrogens (tertiary/aromatic N) is 1. The molecule has 0 unspecified atom stereocenters. The van der Waals surface area contributed by atoms with Crippen LogP contribution in [0.5, 0.6) is 0 Å². The first-order chi connectivity index (χ1) is 11.0. The predicted molar refractivity (Wildman–Crippen MR) is 93.3 cm³/mol. The fourth-order valence-electron chi connectivity index (χ4n) is 2.26. The summed E-state index contributed by atoms with van der Waals surface area (Å²) in [5, 5.41) is 0. The Morgan fingerprint density at radius 3 is 2.43 bits per heavy atom. The predicted octanol–water partition coefficient (Wildman–Crippen LogP) is 3.35. The standard InChI is InChI=1S/C19H19NO2S/c1-4-17-8-6-7-9-18(17)14-15-20(5-2)23(21,22)19-12-10-16(3)11-13-19/h1,5-13H,2,14-15H2,3H3. The Bertz CT molecular complexity index is 830. The van der Waals surface area contributed by atoms with E-state index in [9.17, 15) is 8.42 Å². The molecule has 0 aliphatic rings. The molecule has 0 bridgehead atoms. The molecule has 23 heavy (non-hydrogen) atoms. The van der Waals surface area contributed by atoms with Crippen LogP contribution in [0.25, 0.3) is 0 Å². The van der Waals surface area contributed by atoms with Gasteiger partial charge in [-0.05, 0) is 37.1 Å². The van der Waals surface area contributed by atoms with Crippen molar-refractivity contribution >= 4 is 10.0 Å². The van der Waals surface area contributed by atoms with Crippen molar-refractivity contribution in [2.45, 2.75) is 18.2 Å². The Labute approximate surface area is 138 Å². The maximum absolute atomic E-state index is 12.7. The molecule has 2 aromatic rings. The molecule has 0 heterocycles. The van der Waals surface area contributed by atoms with Crippen molar-refractivity contribution in [1.82, 2.24) is 4.31 Å². The molecular weight excluding hydrogens is 306 g/mol. The van der Waals surface area contributed by atoms with Crippen molar-refractivity contribution in [2.75, 3.05) is 6.54 Å². The lowest BCUT2D eigenvalue weighted by Crippen LogP contribution is -2.28. The van der Waals surface area contributed by atoms with Crippen LogP contribution >= 0.6 is 0 Å². The van der Waals surface area contributed by atoms with Gasteiger partial charge in [0.1, 0.15) is 0 Å². The molecule has 0 N–H and O–H groups in total. The SMILES string of the molecule is C#Cc1ccccc1CCN(C=C)S(=O)(=O)c1ccc(C)cc1. The van der Waals surface area contributed by atoms with E-state index in [0.717, 1.165) is 16.7 Å². The molecule has 4 heteroatoms. The first-order valence-electron chi connectivity index (χ1n) is 7.24. The van der Waals surface area contributed by atoms with Gasteiger partial charge in [-0.1, -0.05) is 48.4 Å². The summed E-state index contributed by atoms with van der Waals surface area (Å²) in [6.07, 6.45) is 7.34. The summed E-state index contributed by atoms with van der Waals surface area (Å²) in [6, 6.07) is 14.3. The van der Waals surface area contributed by atoms with Crippen LogP contribution in [0.4, 0.5) is 0 Å². The summed E-state index contributed by atoms with van der Waals surface area (Å²) in [5.74, 6) is 2.62. The molecule has 0 aromatic heterocycles. The van der Waals surface area contributed by atoms with Crippen LogP contribution in [-0.2, 0) is 16.4 Å². The minimum atomic E-state index is -3.59. The summed E-state index contributed by atoms with van der Waals surface area (Å²) >= 11 is 0. The molecule has 0 saturated carbocycles. The topological polar surface area (TPSA) is 37.4 Å². The molecule has 2 rings (SSSR count). The quantitative estimate of drug-likeness (QED) is 0.764. The third-order valence-electron chi connectivity index (χ3n) is 3.61. The zero-order valence-corrected chi connectivity index (χ0v) is 13.9. The van der Waals surface area contributed by atoms with Crippen LogP contribution in [0.1, 0.15) is 16.7 Å². The smallest absolute Gasteiger partial charge is 0.263 e. The monoisotopic (exact) mass is 325 g/mol. The molecule has 0 aliphatic heterocycles. The van der Waals surface area contributed by atoms with Crippen LogP contribution in [0.2, 0.25) is 0 Å². The number of hydrogen-bond acceptors (Lipinski definition) is 2. The Kier molecular flexibility index (Phi) is 5.25. The van der Waals surface area contributed by atoms with Gasteiger partial charge < -0.3 is 0 Å². The van der Waals surface area contributed by atoms with E-state index in [2.05, 4.69) is 12.5 Å². The molecule has 0 radical (unpaired) electrons. The first kappa shape index (κ1) is 16.9. The zero-order chi connectivity index (χ0) is 16.9. The average Bonchev–Trinajstić information content (AvgIpc) is 2.56. The molecule has 0 amide bonds. The van der Waals surface area contributed by atoms with Gasteiger partial charge in [0.15, 0.2) is 0 Å². The molecular formula is C19H19NO2S. The van der Waals surface area contributed by atoms with Crippen molar-refractivity contribution in [2.24, 2.45) is 0 Å². The van der Waals surface area contributed by atoms with E-state index in [1.54, 1.807) is 24.3 Å². The highest BCUT2D eigenvalue weighted by molar-refractivity contribution is 7.89. The Hall–Kier alpha value is -2.51. The van der Waals surface area contributed by atoms with Gasteiger partial charge in [0, 0.05) is 18.3 Å². The second-order valence-electron chi connectivity index (χ2n) is 5.16. The first-order valence-corrected chi connectivity index (χ1v) is 8.68. The van der Waals surface area contributed by atoms with Gasteiger partial charge in [0.2, 0.25) is 0 Å². The van der Waals surface area contributed by atoms with Crippen molar-refractivity contribution in [3.8, 4) is 12.3 Å². The van der Waals surface area contributed by atoms with Crippen LogP contribution in [-0.4, -0.2) is 19.3 Å². The molecule has 0 saturated heterocycles. The van der Waals surface area contributed by atoms with E-state index >= 15 is 0 Å². The third kappa shape index (κ3) is 3.82. The fraction of sp³-hybridized carbons (Fsp3) is 0.158. The van der Waals surface area contributed by atoms with E-state index in [1.807, 2.05) is 31.2 Å². The Balaban J connectivity index is 2.21. The van der Waals surface area contributed by atoms with Gasteiger partial charge in [0.25, 0.3) is 10.0 Å². The summed E-state index contributed by atoms with van der Waals surface area (Å²) in [6.45, 7) is 5.84. The van der Waals surface area contributed by atoms with Gasteiger partial charge in [-0.3, -0.25) is 4.31 Å². The normalized spacial score (nSPS) is 10.8. The fourth-order valence-corrected chi connectivity index (χ4v) is 3.54. The maximum atomic E-state index is 12.7. The summed E-state index contributed by atoms with van der Waals surface area (Å²) < 4.78 is 26.6. The van der Waals surface area contributed by atoms with Gasteiger partial charge >= 0.3 is 0 Å². The minimum absolute atomic E-state index is 0.258. The van der Waals surface area contributed by atoms with Crippen molar-refractivity contribution < 1.29 is 8.42 Å². The number of terminal acetylenes is 1. The maximum Gasteiger partial charge on any atom is 0.263 e. The van der Waals surface area contributed by atoms with Crippen molar-refractivity contribution in [3.63, 3.8) is 0 Å². The molecule has 0 spiro atoms. The van der Waals surface area contributed by atoms with Crippen LogP contribution in [0, 0.1) is 19.3 Å². The number of sulfonamides is 1. The van der Waals surface area contributed by atoms with E-state index in [-0.39, 0.29) is 4.90 Å². The van der Waals surface area contributed by atoms with Crippen molar-refractivity contribution in [1.29, 1.82) is 0 Å². The molecule has 118 valence electrons. The second kappa shape index (κ2) is 7.17. The number of rotatable bonds is 6. The van der Waals surface area contributed by atoms with Gasteiger partial charge in [-0.25, -0.2) is 8.42 Å². The lowest BCUT2D eigenvalue weighted by atomic mass is 10.1. The van der Waals surface area contributed by atoms with Gasteiger partial charge in [-0.15, -0.1) is 6.42 Å². The number of benzene rings is 2. The molecule has 2 aromatic carbocycles. The summed E-state index contributed by atoms with van der Waals surface area (Å²) in [5.41, 5.74) is 2.74. The van der Waals surface area contributed by atoms with Crippen molar-refractivity contribution in [3.05, 3.63) is 78.0 Å². The molecule has 3 nitrogen and oxygen atoms in total. The summed E-state index contributed by atoms with van der Waals surface area (Å²) in [4.78, 5) is 0.258. The van der Waals surface area contributed by atoms with Crippen LogP contribution in [0.15, 0.2) is 66.2 Å². The van der Waals surface area contributed by atoms with E-state index in [0.29, 0.717) is 13.0 Å². The Morgan fingerprint density at radius 1 is 1.17 bits per heavy atom. The largest absolute Gasteiger partial charge is 0.274 e. The number of aryl methyl sites for hydroxylation is 1. The van der Waals surface area contributed by atoms with Crippen LogP contribution in [0.3, 0.4) is 0 Å². The highest BCUT2D eigenvalue weighted by Gasteiger charge is 2.20. The van der Waals surface area contributed by atoms with Gasteiger partial charge in [-0.2, -0.15) is 0 Å².